The molecule has 0 bridgehead atoms. The first kappa shape index (κ1) is 19.0. The lowest BCUT2D eigenvalue weighted by Crippen LogP contribution is -2.21. The first-order valence-corrected chi connectivity index (χ1v) is 7.34. The summed E-state index contributed by atoms with van der Waals surface area (Å²) >= 11 is 0. The highest BCUT2D eigenvalue weighted by Gasteiger charge is 1.89. The van der Waals surface area contributed by atoms with Crippen molar-refractivity contribution in [2.75, 3.05) is 19.6 Å². The molecule has 0 saturated heterocycles. The summed E-state index contributed by atoms with van der Waals surface area (Å²) in [6.45, 7) is 10.1. The van der Waals surface area contributed by atoms with Crippen molar-refractivity contribution in [1.29, 1.82) is 0 Å². The monoisotopic (exact) mass is 289 g/mol. The summed E-state index contributed by atoms with van der Waals surface area (Å²) in [5.41, 5.74) is 0. The largest absolute Gasteiger partial charge is 0.508 e. The second-order valence-corrected chi connectivity index (χ2v) is 4.29. The predicted molar refractivity (Wildman–Crippen MR) is 89.7 cm³/mol. The quantitative estimate of drug-likeness (QED) is 0.892. The number of hydrogen-bond donors (Lipinski definition) is 2. The molecule has 0 aliphatic rings. The molecule has 2 aromatic rings. The standard InChI is InChI=1S/C6H15N.2C6H6O/c1-4-7(5-2)6-3;2*7-6-4-2-1-3-5-6/h4-6H2,1-3H3;2*1-5,7H. The Labute approximate surface area is 128 Å². The van der Waals surface area contributed by atoms with Crippen molar-refractivity contribution in [3.63, 3.8) is 0 Å². The molecule has 21 heavy (non-hydrogen) atoms. The van der Waals surface area contributed by atoms with Crippen LogP contribution in [0.1, 0.15) is 20.8 Å². The van der Waals surface area contributed by atoms with Crippen molar-refractivity contribution >= 4 is 0 Å². The second-order valence-electron chi connectivity index (χ2n) is 4.29. The van der Waals surface area contributed by atoms with Crippen molar-refractivity contribution in [3.05, 3.63) is 60.7 Å². The van der Waals surface area contributed by atoms with Gasteiger partial charge in [-0.05, 0) is 43.9 Å². The Morgan fingerprint density at radius 1 is 0.619 bits per heavy atom. The molecule has 0 heterocycles. The third-order valence-electron chi connectivity index (χ3n) is 2.85. The van der Waals surface area contributed by atoms with Crippen molar-refractivity contribution in [1.82, 2.24) is 4.90 Å². The van der Waals surface area contributed by atoms with Crippen molar-refractivity contribution in [3.8, 4) is 11.5 Å². The van der Waals surface area contributed by atoms with Gasteiger partial charge in [0.05, 0.1) is 0 Å². The molecule has 0 unspecified atom stereocenters. The lowest BCUT2D eigenvalue weighted by molar-refractivity contribution is 0.321. The molecule has 0 saturated carbocycles. The number of nitrogens with zero attached hydrogens (tertiary/aromatic N) is 1. The second kappa shape index (κ2) is 13.0. The van der Waals surface area contributed by atoms with Crippen molar-refractivity contribution in [2.24, 2.45) is 0 Å². The van der Waals surface area contributed by atoms with E-state index in [4.69, 9.17) is 10.2 Å². The highest BCUT2D eigenvalue weighted by molar-refractivity contribution is 5.19. The number of phenolic OH excluding ortho intramolecular Hbond substituents is 2. The zero-order chi connectivity index (χ0) is 15.9. The Balaban J connectivity index is 0.000000286. The fourth-order valence-electron chi connectivity index (χ4n) is 1.53. The van der Waals surface area contributed by atoms with Gasteiger partial charge in [-0.1, -0.05) is 57.2 Å². The lowest BCUT2D eigenvalue weighted by atomic mass is 10.3. The van der Waals surface area contributed by atoms with E-state index in [2.05, 4.69) is 25.7 Å². The van der Waals surface area contributed by atoms with Gasteiger partial charge in [0.2, 0.25) is 0 Å². The van der Waals surface area contributed by atoms with Gasteiger partial charge in [0.15, 0.2) is 0 Å². The molecule has 3 heteroatoms. The third kappa shape index (κ3) is 11.5. The fraction of sp³-hybridized carbons (Fsp3) is 0.333. The summed E-state index contributed by atoms with van der Waals surface area (Å²) in [4.78, 5) is 2.38. The van der Waals surface area contributed by atoms with Gasteiger partial charge < -0.3 is 15.1 Å². The van der Waals surface area contributed by atoms with Crippen LogP contribution in [0, 0.1) is 0 Å². The minimum atomic E-state index is 0.322. The van der Waals surface area contributed by atoms with Crippen LogP contribution in [0.3, 0.4) is 0 Å². The Bertz CT molecular complexity index is 384. The average molecular weight is 289 g/mol. The van der Waals surface area contributed by atoms with Crippen LogP contribution in [0.25, 0.3) is 0 Å². The lowest BCUT2D eigenvalue weighted by Gasteiger charge is -2.13. The number of hydrogen-bond acceptors (Lipinski definition) is 3. The molecule has 2 rings (SSSR count). The maximum absolute atomic E-state index is 8.63. The Kier molecular flexibility index (Phi) is 11.8. The molecule has 0 fully saturated rings. The molecule has 0 atom stereocenters. The summed E-state index contributed by atoms with van der Waals surface area (Å²) in [5.74, 6) is 0.644. The van der Waals surface area contributed by atoms with Crippen molar-refractivity contribution in [2.45, 2.75) is 20.8 Å². The van der Waals surface area contributed by atoms with Crippen LogP contribution in [0.5, 0.6) is 11.5 Å². The number of benzene rings is 2. The van der Waals surface area contributed by atoms with E-state index >= 15 is 0 Å². The van der Waals surface area contributed by atoms with Crippen LogP contribution < -0.4 is 0 Å². The van der Waals surface area contributed by atoms with Gasteiger partial charge in [0, 0.05) is 0 Å². The highest BCUT2D eigenvalue weighted by atomic mass is 16.3. The molecular formula is C18H27NO2. The summed E-state index contributed by atoms with van der Waals surface area (Å²) < 4.78 is 0. The molecule has 0 spiro atoms. The fourth-order valence-corrected chi connectivity index (χ4v) is 1.53. The highest BCUT2D eigenvalue weighted by Crippen LogP contribution is 2.03. The summed E-state index contributed by atoms with van der Waals surface area (Å²) in [6, 6.07) is 17.4. The van der Waals surface area contributed by atoms with Gasteiger partial charge in [-0.25, -0.2) is 0 Å². The molecule has 0 amide bonds. The van der Waals surface area contributed by atoms with E-state index in [0.717, 1.165) is 0 Å². The van der Waals surface area contributed by atoms with E-state index in [1.54, 1.807) is 48.5 Å². The smallest absolute Gasteiger partial charge is 0.115 e. The van der Waals surface area contributed by atoms with Crippen LogP contribution >= 0.6 is 0 Å². The van der Waals surface area contributed by atoms with Gasteiger partial charge in [-0.15, -0.1) is 0 Å². The van der Waals surface area contributed by atoms with Gasteiger partial charge in [0.25, 0.3) is 0 Å². The molecule has 0 aliphatic carbocycles. The van der Waals surface area contributed by atoms with Gasteiger partial charge in [0.1, 0.15) is 11.5 Å². The van der Waals surface area contributed by atoms with E-state index in [1.807, 2.05) is 12.1 Å². The molecule has 0 aromatic heterocycles. The zero-order valence-corrected chi connectivity index (χ0v) is 13.2. The molecular weight excluding hydrogens is 262 g/mol. The first-order chi connectivity index (χ1) is 10.1. The minimum Gasteiger partial charge on any atom is -0.508 e. The molecule has 0 radical (unpaired) electrons. The third-order valence-corrected chi connectivity index (χ3v) is 2.85. The topological polar surface area (TPSA) is 43.7 Å². The minimum absolute atomic E-state index is 0.322. The first-order valence-electron chi connectivity index (χ1n) is 7.34. The summed E-state index contributed by atoms with van der Waals surface area (Å²) in [5, 5.41) is 17.3. The van der Waals surface area contributed by atoms with Crippen LogP contribution in [0.4, 0.5) is 0 Å². The van der Waals surface area contributed by atoms with Gasteiger partial charge in [-0.2, -0.15) is 0 Å². The van der Waals surface area contributed by atoms with Crippen LogP contribution in [0.2, 0.25) is 0 Å². The molecule has 0 aliphatic heterocycles. The van der Waals surface area contributed by atoms with E-state index in [1.165, 1.54) is 19.6 Å². The van der Waals surface area contributed by atoms with Crippen molar-refractivity contribution < 1.29 is 10.2 Å². The Hall–Kier alpha value is -2.00. The van der Waals surface area contributed by atoms with E-state index in [-0.39, 0.29) is 0 Å². The number of aromatic hydroxyl groups is 2. The van der Waals surface area contributed by atoms with Crippen LogP contribution in [-0.4, -0.2) is 34.7 Å². The predicted octanol–water partition coefficient (Wildman–Crippen LogP) is 4.13. The normalized spacial score (nSPS) is 9.14. The van der Waals surface area contributed by atoms with Gasteiger partial charge >= 0.3 is 0 Å². The number of rotatable bonds is 3. The maximum atomic E-state index is 8.63. The zero-order valence-electron chi connectivity index (χ0n) is 13.2. The molecule has 2 N–H and O–H groups in total. The van der Waals surface area contributed by atoms with E-state index < -0.39 is 0 Å². The Morgan fingerprint density at radius 3 is 1.00 bits per heavy atom. The molecule has 2 aromatic carbocycles. The van der Waals surface area contributed by atoms with Crippen LogP contribution in [-0.2, 0) is 0 Å². The maximum Gasteiger partial charge on any atom is 0.115 e. The van der Waals surface area contributed by atoms with E-state index in [9.17, 15) is 0 Å². The SMILES string of the molecule is CCN(CC)CC.Oc1ccccc1.Oc1ccccc1. The summed E-state index contributed by atoms with van der Waals surface area (Å²) in [7, 11) is 0. The summed E-state index contributed by atoms with van der Waals surface area (Å²) in [6.07, 6.45) is 0. The van der Waals surface area contributed by atoms with Crippen LogP contribution in [0.15, 0.2) is 60.7 Å². The Morgan fingerprint density at radius 2 is 0.905 bits per heavy atom. The number of para-hydroxylation sites is 2. The average Bonchev–Trinajstić information content (AvgIpc) is 2.52. The molecule has 116 valence electrons. The van der Waals surface area contributed by atoms with E-state index in [0.29, 0.717) is 11.5 Å². The van der Waals surface area contributed by atoms with Gasteiger partial charge in [-0.3, -0.25) is 0 Å². The number of phenols is 2. The molecule has 3 nitrogen and oxygen atoms in total.